The number of fused-ring (bicyclic) bond motifs is 2. The third-order valence-electron chi connectivity index (χ3n) is 5.92. The Balaban J connectivity index is 1.61. The van der Waals surface area contributed by atoms with E-state index in [-0.39, 0.29) is 34.0 Å². The van der Waals surface area contributed by atoms with Gasteiger partial charge in [0.25, 0.3) is 5.56 Å². The molecule has 41 heavy (non-hydrogen) atoms. The minimum absolute atomic E-state index is 0.117. The number of benzene rings is 3. The van der Waals surface area contributed by atoms with Crippen molar-refractivity contribution in [2.45, 2.75) is 6.92 Å². The number of nitrogens with zero attached hydrogens (tertiary/aromatic N) is 4. The zero-order valence-electron chi connectivity index (χ0n) is 21.7. The molecule has 208 valence electrons. The highest BCUT2D eigenvalue weighted by Gasteiger charge is 2.22. The molecule has 5 aromatic rings. The number of hydrogen-bond acceptors (Lipinski definition) is 10. The first-order valence-corrected chi connectivity index (χ1v) is 13.0. The maximum Gasteiger partial charge on any atom is 0.344 e. The first kappa shape index (κ1) is 27.5. The average Bonchev–Trinajstić information content (AvgIpc) is 3.40. The number of carbonyl (C=O) groups excluding carboxylic acids is 1. The Hall–Kier alpha value is -5.04. The van der Waals surface area contributed by atoms with E-state index in [1.807, 2.05) is 0 Å². The lowest BCUT2D eigenvalue weighted by atomic mass is 10.2. The van der Waals surface area contributed by atoms with Crippen molar-refractivity contribution in [1.82, 2.24) is 9.66 Å². The van der Waals surface area contributed by atoms with Crippen LogP contribution in [0.15, 0.2) is 79.4 Å². The Bertz CT molecular complexity index is 1900. The number of nitro benzene ring substituents is 1. The van der Waals surface area contributed by atoms with E-state index in [0.717, 1.165) is 4.68 Å². The van der Waals surface area contributed by atoms with Gasteiger partial charge in [0.15, 0.2) is 12.4 Å². The monoisotopic (exact) mass is 620 g/mol. The molecule has 0 spiro atoms. The predicted molar refractivity (Wildman–Crippen MR) is 154 cm³/mol. The summed E-state index contributed by atoms with van der Waals surface area (Å²) in [7, 11) is 1.54. The van der Waals surface area contributed by atoms with Crippen molar-refractivity contribution in [2.75, 3.05) is 20.3 Å². The average molecular weight is 621 g/mol. The molecular formula is C28H21BrN4O8. The summed E-state index contributed by atoms with van der Waals surface area (Å²) in [5, 5.41) is 17.2. The number of nitro groups is 1. The number of esters is 1. The second-order valence-electron chi connectivity index (χ2n) is 8.50. The van der Waals surface area contributed by atoms with Crippen LogP contribution < -0.4 is 15.0 Å². The molecule has 0 aliphatic heterocycles. The predicted octanol–water partition coefficient (Wildman–Crippen LogP) is 5.31. The van der Waals surface area contributed by atoms with Gasteiger partial charge in [-0.3, -0.25) is 14.9 Å². The summed E-state index contributed by atoms with van der Waals surface area (Å²) >= 11 is 3.26. The molecule has 0 unspecified atom stereocenters. The quantitative estimate of drug-likeness (QED) is 0.0924. The lowest BCUT2D eigenvalue weighted by Gasteiger charge is -2.10. The van der Waals surface area contributed by atoms with Crippen molar-refractivity contribution in [2.24, 2.45) is 5.10 Å². The van der Waals surface area contributed by atoms with Crippen LogP contribution in [0.25, 0.3) is 33.5 Å². The highest BCUT2D eigenvalue weighted by molar-refractivity contribution is 9.10. The van der Waals surface area contributed by atoms with Crippen LogP contribution in [-0.2, 0) is 9.53 Å². The number of hydrogen-bond donors (Lipinski definition) is 0. The third-order valence-corrected chi connectivity index (χ3v) is 6.51. The maximum absolute atomic E-state index is 13.5. The van der Waals surface area contributed by atoms with E-state index in [1.165, 1.54) is 18.3 Å². The van der Waals surface area contributed by atoms with Gasteiger partial charge in [-0.25, -0.2) is 9.78 Å². The fraction of sp³-hybridized carbons (Fsp3) is 0.143. The highest BCUT2D eigenvalue weighted by atomic mass is 79.9. The summed E-state index contributed by atoms with van der Waals surface area (Å²) in [6, 6.07) is 16.5. The van der Waals surface area contributed by atoms with Crippen LogP contribution in [0.2, 0.25) is 0 Å². The Morgan fingerprint density at radius 3 is 2.73 bits per heavy atom. The number of rotatable bonds is 9. The molecule has 0 radical (unpaired) electrons. The maximum atomic E-state index is 13.5. The van der Waals surface area contributed by atoms with Crippen LogP contribution in [0, 0.1) is 10.1 Å². The summed E-state index contributed by atoms with van der Waals surface area (Å²) in [6.45, 7) is 1.27. The van der Waals surface area contributed by atoms with Crippen molar-refractivity contribution < 1.29 is 28.3 Å². The number of furan rings is 1. The highest BCUT2D eigenvalue weighted by Crippen LogP contribution is 2.36. The molecule has 13 heteroatoms. The second kappa shape index (κ2) is 11.6. The van der Waals surface area contributed by atoms with E-state index >= 15 is 0 Å². The number of ether oxygens (including phenoxy) is 3. The summed E-state index contributed by atoms with van der Waals surface area (Å²) in [6.07, 6.45) is 1.28. The molecule has 0 bridgehead atoms. The van der Waals surface area contributed by atoms with Gasteiger partial charge in [0.1, 0.15) is 11.3 Å². The molecule has 2 aromatic heterocycles. The first-order chi connectivity index (χ1) is 19.8. The Kier molecular flexibility index (Phi) is 7.79. The molecular weight excluding hydrogens is 600 g/mol. The van der Waals surface area contributed by atoms with Crippen molar-refractivity contribution in [1.29, 1.82) is 0 Å². The molecule has 12 nitrogen and oxygen atoms in total. The van der Waals surface area contributed by atoms with E-state index < -0.39 is 28.7 Å². The number of para-hydroxylation sites is 1. The van der Waals surface area contributed by atoms with Crippen LogP contribution in [0.5, 0.6) is 11.5 Å². The molecule has 0 saturated carbocycles. The van der Waals surface area contributed by atoms with Gasteiger partial charge < -0.3 is 18.6 Å². The van der Waals surface area contributed by atoms with Crippen LogP contribution >= 0.6 is 15.9 Å². The Morgan fingerprint density at radius 1 is 1.17 bits per heavy atom. The van der Waals surface area contributed by atoms with Gasteiger partial charge >= 0.3 is 11.7 Å². The van der Waals surface area contributed by atoms with Gasteiger partial charge in [-0.1, -0.05) is 18.2 Å². The third kappa shape index (κ3) is 5.52. The van der Waals surface area contributed by atoms with Gasteiger partial charge in [-0.15, -0.1) is 0 Å². The van der Waals surface area contributed by atoms with Crippen molar-refractivity contribution >= 4 is 55.7 Å². The zero-order valence-corrected chi connectivity index (χ0v) is 23.3. The van der Waals surface area contributed by atoms with Crippen molar-refractivity contribution in [3.05, 3.63) is 91.2 Å². The standard InChI is InChI=1S/C28H21BrN4O8/c1-3-39-25(34)15-40-26-19(29)11-16(12-21(26)33(36)37)14-30-32-27(31-20-8-5-4-7-17(20)28(32)35)24-13-18-22(38-2)9-6-10-23(18)41-24/h4-14H,3,15H2,1-2H3. The van der Waals surface area contributed by atoms with Gasteiger partial charge in [0, 0.05) is 11.6 Å². The zero-order chi connectivity index (χ0) is 29.1. The molecule has 0 amide bonds. The summed E-state index contributed by atoms with van der Waals surface area (Å²) < 4.78 is 22.9. The smallest absolute Gasteiger partial charge is 0.344 e. The molecule has 0 aliphatic rings. The van der Waals surface area contributed by atoms with Gasteiger partial charge in [0.05, 0.1) is 45.6 Å². The molecule has 0 atom stereocenters. The van der Waals surface area contributed by atoms with Crippen molar-refractivity contribution in [3.63, 3.8) is 0 Å². The lowest BCUT2D eigenvalue weighted by molar-refractivity contribution is -0.385. The molecule has 0 fully saturated rings. The van der Waals surface area contributed by atoms with Crippen LogP contribution in [0.1, 0.15) is 12.5 Å². The topological polar surface area (TPSA) is 148 Å². The van der Waals surface area contributed by atoms with E-state index in [1.54, 1.807) is 62.6 Å². The van der Waals surface area contributed by atoms with Crippen LogP contribution in [0.3, 0.4) is 0 Å². The normalized spacial score (nSPS) is 11.3. The van der Waals surface area contributed by atoms with E-state index in [0.29, 0.717) is 27.6 Å². The van der Waals surface area contributed by atoms with Crippen LogP contribution in [0.4, 0.5) is 5.69 Å². The van der Waals surface area contributed by atoms with E-state index in [9.17, 15) is 19.7 Å². The molecule has 0 aliphatic carbocycles. The summed E-state index contributed by atoms with van der Waals surface area (Å²) in [4.78, 5) is 41.0. The Labute approximate surface area is 240 Å². The summed E-state index contributed by atoms with van der Waals surface area (Å²) in [5.41, 5.74) is 0.336. The summed E-state index contributed by atoms with van der Waals surface area (Å²) in [5.74, 6) is 0.142. The molecule has 0 saturated heterocycles. The molecule has 3 aromatic carbocycles. The number of halogens is 1. The van der Waals surface area contributed by atoms with Gasteiger partial charge in [0.2, 0.25) is 11.6 Å². The molecule has 2 heterocycles. The van der Waals surface area contributed by atoms with E-state index in [4.69, 9.17) is 18.6 Å². The SMILES string of the molecule is CCOC(=O)COc1c(Br)cc(C=Nn2c(-c3cc4c(OC)cccc4o3)nc3ccccc3c2=O)cc1[N+](=O)[O-]. The largest absolute Gasteiger partial charge is 0.496 e. The van der Waals surface area contributed by atoms with Crippen LogP contribution in [-0.4, -0.2) is 47.1 Å². The molecule has 0 N–H and O–H groups in total. The fourth-order valence-electron chi connectivity index (χ4n) is 4.12. The number of carbonyl (C=O) groups is 1. The van der Waals surface area contributed by atoms with E-state index in [2.05, 4.69) is 26.0 Å². The lowest BCUT2D eigenvalue weighted by Crippen LogP contribution is -2.20. The first-order valence-electron chi connectivity index (χ1n) is 12.2. The molecule has 5 rings (SSSR count). The second-order valence-corrected chi connectivity index (χ2v) is 9.35. The minimum Gasteiger partial charge on any atom is -0.496 e. The minimum atomic E-state index is -0.668. The van der Waals surface area contributed by atoms with Crippen molar-refractivity contribution in [3.8, 4) is 23.1 Å². The fourth-order valence-corrected chi connectivity index (χ4v) is 4.71. The Morgan fingerprint density at radius 2 is 1.98 bits per heavy atom. The number of methoxy groups -OCH3 is 1. The van der Waals surface area contributed by atoms with Gasteiger partial charge in [-0.2, -0.15) is 9.78 Å². The van der Waals surface area contributed by atoms with Gasteiger partial charge in [-0.05, 0) is 59.3 Å². The number of aromatic nitrogens is 2.